The van der Waals surface area contributed by atoms with Crippen LogP contribution in [-0.2, 0) is 9.59 Å². The molecule has 0 atom stereocenters. The van der Waals surface area contributed by atoms with Crippen molar-refractivity contribution in [2.75, 3.05) is 6.54 Å². The Morgan fingerprint density at radius 2 is 1.93 bits per heavy atom. The van der Waals surface area contributed by atoms with E-state index in [0.29, 0.717) is 22.2 Å². The van der Waals surface area contributed by atoms with E-state index in [2.05, 4.69) is 36.6 Å². The summed E-state index contributed by atoms with van der Waals surface area (Å²) in [4.78, 5) is 26.2. The largest absolute Gasteiger partial charge is 0.318 e. The molecule has 1 aromatic heterocycles. The van der Waals surface area contributed by atoms with Crippen molar-refractivity contribution >= 4 is 46.2 Å². The van der Waals surface area contributed by atoms with Crippen LogP contribution in [0.5, 0.6) is 0 Å². The van der Waals surface area contributed by atoms with Gasteiger partial charge in [-0.1, -0.05) is 48.6 Å². The minimum atomic E-state index is -0.392. The third-order valence-electron chi connectivity index (χ3n) is 5.06. The molecule has 0 unspecified atom stereocenters. The number of nitrogens with one attached hydrogen (secondary N) is 1. The zero-order valence-corrected chi connectivity index (χ0v) is 18.7. The Morgan fingerprint density at radius 3 is 2.63 bits per heavy atom. The number of carbonyl (C=O) groups is 2. The van der Waals surface area contributed by atoms with Crippen LogP contribution in [0.3, 0.4) is 0 Å². The molecule has 2 heterocycles. The number of thioether (sulfide) groups is 1. The van der Waals surface area contributed by atoms with E-state index in [1.807, 2.05) is 24.3 Å². The number of rotatable bonds is 8. The summed E-state index contributed by atoms with van der Waals surface area (Å²) < 4.78 is 2.74. The van der Waals surface area contributed by atoms with Crippen molar-refractivity contribution < 1.29 is 14.8 Å². The number of amides is 2. The van der Waals surface area contributed by atoms with Gasteiger partial charge in [-0.15, -0.1) is 0 Å². The number of hydrogen-bond donors (Lipinski definition) is 2. The van der Waals surface area contributed by atoms with E-state index < -0.39 is 5.91 Å². The molecule has 1 fully saturated rings. The van der Waals surface area contributed by atoms with E-state index >= 15 is 0 Å². The van der Waals surface area contributed by atoms with Crippen molar-refractivity contribution in [3.05, 3.63) is 58.3 Å². The number of hydroxylamine groups is 1. The number of nitrogens with zero attached hydrogens (tertiary/aromatic N) is 2. The topological polar surface area (TPSA) is 74.6 Å². The monoisotopic (exact) mass is 443 g/mol. The summed E-state index contributed by atoms with van der Waals surface area (Å²) in [5.74, 6) is -0.459. The van der Waals surface area contributed by atoms with E-state index in [-0.39, 0.29) is 12.3 Å². The summed E-state index contributed by atoms with van der Waals surface area (Å²) in [5, 5.41) is 8.51. The highest BCUT2D eigenvalue weighted by Gasteiger charge is 2.31. The van der Waals surface area contributed by atoms with Crippen molar-refractivity contribution in [1.29, 1.82) is 0 Å². The van der Waals surface area contributed by atoms with E-state index in [1.165, 1.54) is 11.8 Å². The maximum Gasteiger partial charge on any atom is 0.266 e. The molecule has 1 saturated heterocycles. The zero-order chi connectivity index (χ0) is 21.7. The molecule has 0 aliphatic carbocycles. The number of carbonyl (C=O) groups excluding carboxylic acids is 2. The molecule has 2 amide bonds. The summed E-state index contributed by atoms with van der Waals surface area (Å²) in [5.41, 5.74) is 5.90. The van der Waals surface area contributed by atoms with Crippen LogP contribution in [0.4, 0.5) is 0 Å². The fourth-order valence-corrected chi connectivity index (χ4v) is 4.83. The first-order chi connectivity index (χ1) is 14.4. The molecule has 3 rings (SSSR count). The molecule has 0 radical (unpaired) electrons. The zero-order valence-electron chi connectivity index (χ0n) is 17.1. The van der Waals surface area contributed by atoms with Crippen molar-refractivity contribution in [3.8, 4) is 5.69 Å². The maximum atomic E-state index is 12.9. The molecule has 6 nitrogen and oxygen atoms in total. The molecule has 1 aliphatic rings. The highest BCUT2D eigenvalue weighted by molar-refractivity contribution is 8.26. The molecule has 0 saturated carbocycles. The quantitative estimate of drug-likeness (QED) is 0.208. The molecule has 2 aromatic rings. The van der Waals surface area contributed by atoms with Crippen LogP contribution in [-0.4, -0.2) is 37.4 Å². The van der Waals surface area contributed by atoms with Crippen molar-refractivity contribution in [2.24, 2.45) is 0 Å². The Bertz CT molecular complexity index is 983. The number of benzene rings is 1. The van der Waals surface area contributed by atoms with E-state index in [9.17, 15) is 9.59 Å². The van der Waals surface area contributed by atoms with Crippen molar-refractivity contribution in [2.45, 2.75) is 39.5 Å². The minimum absolute atomic E-state index is 0.0670. The van der Waals surface area contributed by atoms with Crippen LogP contribution >= 0.6 is 24.0 Å². The first-order valence-electron chi connectivity index (χ1n) is 9.85. The Balaban J connectivity index is 1.68. The Kier molecular flexibility index (Phi) is 7.47. The summed E-state index contributed by atoms with van der Waals surface area (Å²) in [6.45, 7) is 4.64. The molecular weight excluding hydrogens is 418 g/mol. The van der Waals surface area contributed by atoms with Gasteiger partial charge in [0.05, 0.1) is 4.91 Å². The smallest absolute Gasteiger partial charge is 0.266 e. The summed E-state index contributed by atoms with van der Waals surface area (Å²) in [6, 6.07) is 12.2. The lowest BCUT2D eigenvalue weighted by atomic mass is 10.2. The van der Waals surface area contributed by atoms with E-state index in [1.54, 1.807) is 10.4 Å². The third-order valence-corrected chi connectivity index (χ3v) is 6.43. The lowest BCUT2D eigenvalue weighted by molar-refractivity contribution is -0.129. The summed E-state index contributed by atoms with van der Waals surface area (Å²) in [6.07, 6.45) is 4.38. The van der Waals surface area contributed by atoms with Gasteiger partial charge in [-0.25, -0.2) is 5.48 Å². The molecule has 8 heteroatoms. The Morgan fingerprint density at radius 1 is 1.20 bits per heavy atom. The highest BCUT2D eigenvalue weighted by Crippen LogP contribution is 2.34. The average Bonchev–Trinajstić information content (AvgIpc) is 3.17. The lowest BCUT2D eigenvalue weighted by Gasteiger charge is -2.13. The van der Waals surface area contributed by atoms with Crippen molar-refractivity contribution in [1.82, 2.24) is 14.9 Å². The molecular formula is C22H25N3O3S2. The molecule has 0 spiro atoms. The summed E-state index contributed by atoms with van der Waals surface area (Å²) in [7, 11) is 0. The van der Waals surface area contributed by atoms with Gasteiger partial charge >= 0.3 is 0 Å². The Labute approximate surface area is 185 Å². The van der Waals surface area contributed by atoms with Gasteiger partial charge in [0.1, 0.15) is 4.32 Å². The number of aryl methyl sites for hydroxylation is 1. The molecule has 30 heavy (non-hydrogen) atoms. The van der Waals surface area contributed by atoms with Gasteiger partial charge in [-0.05, 0) is 56.5 Å². The first kappa shape index (κ1) is 22.3. The van der Waals surface area contributed by atoms with Gasteiger partial charge < -0.3 is 4.57 Å². The van der Waals surface area contributed by atoms with Crippen molar-refractivity contribution in [3.63, 3.8) is 0 Å². The first-order valence-corrected chi connectivity index (χ1v) is 11.1. The highest BCUT2D eigenvalue weighted by atomic mass is 32.2. The second kappa shape index (κ2) is 10.1. The predicted molar refractivity (Wildman–Crippen MR) is 124 cm³/mol. The lowest BCUT2D eigenvalue weighted by Crippen LogP contribution is -2.29. The number of thiocarbonyl (C=S) groups is 1. The minimum Gasteiger partial charge on any atom is -0.318 e. The second-order valence-corrected chi connectivity index (χ2v) is 8.85. The van der Waals surface area contributed by atoms with Gasteiger partial charge in [0, 0.05) is 30.0 Å². The molecule has 2 N–H and O–H groups in total. The SMILES string of the molecule is Cc1cc(/C=C2\SC(=S)N(CCCCCC(=O)NO)C2=O)c(C)n1-c1ccccc1. The predicted octanol–water partition coefficient (Wildman–Crippen LogP) is 4.36. The van der Waals surface area contributed by atoms with E-state index in [4.69, 9.17) is 17.4 Å². The molecule has 1 aromatic carbocycles. The van der Waals surface area contributed by atoms with Crippen LogP contribution in [0.1, 0.15) is 42.6 Å². The molecule has 1 aliphatic heterocycles. The fraction of sp³-hybridized carbons (Fsp3) is 0.318. The number of hydrogen-bond acceptors (Lipinski definition) is 5. The maximum absolute atomic E-state index is 12.9. The standard InChI is InChI=1S/C22H25N3O3S2/c1-15-13-17(16(2)25(15)18-9-5-3-6-10-18)14-19-21(27)24(22(29)30-19)12-8-4-7-11-20(26)23-28/h3,5-6,9-10,13-14,28H,4,7-8,11-12H2,1-2H3,(H,23,26)/b19-14-. The third kappa shape index (κ3) is 5.00. The van der Waals surface area contributed by atoms with Gasteiger partial charge in [-0.3, -0.25) is 19.7 Å². The van der Waals surface area contributed by atoms with Gasteiger partial charge in [-0.2, -0.15) is 0 Å². The average molecular weight is 444 g/mol. The second-order valence-electron chi connectivity index (χ2n) is 7.18. The van der Waals surface area contributed by atoms with Gasteiger partial charge in [0.15, 0.2) is 0 Å². The van der Waals surface area contributed by atoms with Gasteiger partial charge in [0.25, 0.3) is 5.91 Å². The number of aromatic nitrogens is 1. The summed E-state index contributed by atoms with van der Waals surface area (Å²) >= 11 is 6.75. The molecule has 0 bridgehead atoms. The van der Waals surface area contributed by atoms with Crippen LogP contribution < -0.4 is 5.48 Å². The normalized spacial score (nSPS) is 15.3. The van der Waals surface area contributed by atoms with Crippen LogP contribution in [0, 0.1) is 13.8 Å². The van der Waals surface area contributed by atoms with Crippen LogP contribution in [0.15, 0.2) is 41.3 Å². The number of para-hydroxylation sites is 1. The van der Waals surface area contributed by atoms with E-state index in [0.717, 1.165) is 35.5 Å². The number of unbranched alkanes of at least 4 members (excludes halogenated alkanes) is 2. The molecule has 158 valence electrons. The van der Waals surface area contributed by atoms with Crippen LogP contribution in [0.2, 0.25) is 0 Å². The Hall–Kier alpha value is -2.42. The van der Waals surface area contributed by atoms with Gasteiger partial charge in [0.2, 0.25) is 5.91 Å². The van der Waals surface area contributed by atoms with Crippen LogP contribution in [0.25, 0.3) is 11.8 Å². The fourth-order valence-electron chi connectivity index (χ4n) is 3.53.